The van der Waals surface area contributed by atoms with E-state index in [-0.39, 0.29) is 58.2 Å². The highest BCUT2D eigenvalue weighted by molar-refractivity contribution is 9.10. The van der Waals surface area contributed by atoms with Gasteiger partial charge in [0.25, 0.3) is 0 Å². The molecule has 5 heterocycles. The van der Waals surface area contributed by atoms with E-state index in [4.69, 9.17) is 11.6 Å². The highest BCUT2D eigenvalue weighted by Crippen LogP contribution is 2.27. The van der Waals surface area contributed by atoms with Crippen LogP contribution in [0.25, 0.3) is 30.4 Å². The molecule has 5 aliphatic heterocycles. The molecule has 5 amide bonds. The summed E-state index contributed by atoms with van der Waals surface area (Å²) in [6, 6.07) is 77.4. The van der Waals surface area contributed by atoms with Crippen molar-refractivity contribution < 1.29 is 57.6 Å². The largest absolute Gasteiger partial charge is 0.337 e. The molecule has 0 radical (unpaired) electrons. The van der Waals surface area contributed by atoms with Crippen molar-refractivity contribution in [3.05, 3.63) is 366 Å². The van der Waals surface area contributed by atoms with E-state index >= 15 is 0 Å². The third-order valence-electron chi connectivity index (χ3n) is 24.1. The van der Waals surface area contributed by atoms with E-state index in [2.05, 4.69) is 39.0 Å². The lowest BCUT2D eigenvalue weighted by atomic mass is 10.0. The van der Waals surface area contributed by atoms with Crippen LogP contribution in [0, 0.1) is 34.6 Å². The van der Waals surface area contributed by atoms with Gasteiger partial charge in [0, 0.05) is 177 Å². The molecule has 29 heteroatoms. The molecule has 1 aliphatic carbocycles. The van der Waals surface area contributed by atoms with Crippen LogP contribution in [0.15, 0.2) is 298 Å². The topological polar surface area (TPSA) is 254 Å². The van der Waals surface area contributed by atoms with Crippen molar-refractivity contribution >= 4 is 128 Å². The lowest BCUT2D eigenvalue weighted by Crippen LogP contribution is -2.50. The van der Waals surface area contributed by atoms with Gasteiger partial charge in [-0.2, -0.15) is 17.2 Å². The van der Waals surface area contributed by atoms with Gasteiger partial charge < -0.3 is 24.5 Å². The van der Waals surface area contributed by atoms with Crippen molar-refractivity contribution in [1.29, 1.82) is 0 Å². The Morgan fingerprint density at radius 2 is 0.585 bits per heavy atom. The van der Waals surface area contributed by atoms with Crippen LogP contribution < -0.4 is 0 Å². The van der Waals surface area contributed by atoms with E-state index in [0.717, 1.165) is 88.1 Å². The summed E-state index contributed by atoms with van der Waals surface area (Å²) in [5, 5.41) is 0.490. The molecule has 0 saturated carbocycles. The van der Waals surface area contributed by atoms with Gasteiger partial charge in [0.1, 0.15) is 0 Å². The molecular weight excluding hydrogens is 1860 g/mol. The summed E-state index contributed by atoms with van der Waals surface area (Å²) in [7, 11) is -14.0. The number of aryl methyl sites for hydroxylation is 7. The maximum Gasteiger partial charge on any atom is 0.246 e. The predicted molar refractivity (Wildman–Crippen MR) is 542 cm³/mol. The number of benzene rings is 10. The quantitative estimate of drug-likeness (QED) is 0.0572. The predicted octanol–water partition coefficient (Wildman–Crippen LogP) is 15.6. The zero-order valence-corrected chi connectivity index (χ0v) is 82.6. The molecule has 10 aromatic carbocycles. The Bertz CT molecular complexity index is 5910. The summed E-state index contributed by atoms with van der Waals surface area (Å²) in [6.45, 7) is 20.1. The maximum absolute atomic E-state index is 12.7. The summed E-state index contributed by atoms with van der Waals surface area (Å²) < 4.78 is 108. The molecule has 23 nitrogen and oxygen atoms in total. The Kier molecular flexibility index (Phi) is 37.5. The molecule has 6 aliphatic rings. The van der Waals surface area contributed by atoms with Crippen LogP contribution in [-0.4, -0.2) is 247 Å². The third-order valence-corrected chi connectivity index (χ3v) is 32.5. The van der Waals surface area contributed by atoms with E-state index in [1.54, 1.807) is 140 Å². The molecule has 0 bridgehead atoms. The number of carbonyl (C=O) groups excluding carboxylic acids is 5. The fourth-order valence-corrected chi connectivity index (χ4v) is 22.0. The molecule has 0 atom stereocenters. The number of piperazine rings is 5. The summed E-state index contributed by atoms with van der Waals surface area (Å²) in [5.41, 5.74) is 16.0. The van der Waals surface area contributed by atoms with Gasteiger partial charge in [-0.3, -0.25) is 28.9 Å². The highest BCUT2D eigenvalue weighted by atomic mass is 79.9. The Hall–Kier alpha value is -11.4. The fraction of sp³-hybridized carbons (Fsp3) is 0.292. The molecule has 16 rings (SSSR count). The number of hydrogen-bond donors (Lipinski definition) is 0. The van der Waals surface area contributed by atoms with E-state index in [0.29, 0.717) is 102 Å². The second kappa shape index (κ2) is 49.4. The van der Waals surface area contributed by atoms with Crippen LogP contribution >= 0.6 is 27.5 Å². The molecule has 135 heavy (non-hydrogen) atoms. The Labute approximate surface area is 810 Å². The van der Waals surface area contributed by atoms with Crippen LogP contribution in [0.5, 0.6) is 0 Å². The maximum atomic E-state index is 12.7. The number of hydrogen-bond acceptors (Lipinski definition) is 14. The van der Waals surface area contributed by atoms with Crippen molar-refractivity contribution in [2.24, 2.45) is 0 Å². The van der Waals surface area contributed by atoms with Gasteiger partial charge in [0.05, 0.1) is 20.4 Å². The van der Waals surface area contributed by atoms with Crippen LogP contribution in [0.4, 0.5) is 0 Å². The minimum absolute atomic E-state index is 0.00485. The third kappa shape index (κ3) is 30.8. The molecule has 5 fully saturated rings. The molecule has 0 spiro atoms. The highest BCUT2D eigenvalue weighted by Gasteiger charge is 2.34. The molecule has 0 N–H and O–H groups in total. The zero-order chi connectivity index (χ0) is 96.1. The Balaban J connectivity index is 0.000000152. The van der Waals surface area contributed by atoms with E-state index in [9.17, 15) is 57.6 Å². The first-order valence-electron chi connectivity index (χ1n) is 45.4. The molecule has 0 aromatic heterocycles. The van der Waals surface area contributed by atoms with Crippen molar-refractivity contribution in [2.75, 3.05) is 137 Å². The number of amides is 5. The van der Waals surface area contributed by atoms with Gasteiger partial charge in [0.15, 0.2) is 0 Å². The summed E-state index contributed by atoms with van der Waals surface area (Å²) >= 11 is 9.13. The second-order valence-corrected chi connectivity index (χ2v) is 43.1. The van der Waals surface area contributed by atoms with Crippen LogP contribution in [0.3, 0.4) is 0 Å². The number of rotatable bonds is 22. The first-order chi connectivity index (χ1) is 64.8. The number of nitrogens with zero attached hydrogens (tertiary/aromatic N) is 10. The molecule has 5 saturated heterocycles. The van der Waals surface area contributed by atoms with Crippen LogP contribution in [0.1, 0.15) is 84.3 Å². The van der Waals surface area contributed by atoms with Crippen LogP contribution in [-0.2, 0) is 89.1 Å². The average Bonchev–Trinajstić information content (AvgIpc) is 0.967. The van der Waals surface area contributed by atoms with Crippen molar-refractivity contribution in [2.45, 2.75) is 80.7 Å². The summed E-state index contributed by atoms with van der Waals surface area (Å²) in [4.78, 5) is 73.8. The van der Waals surface area contributed by atoms with Gasteiger partial charge in [-0.1, -0.05) is 243 Å². The standard InChI is InChI=1S/C24H28N2O.2C21H24N2O3S.C20H21BrN2O3S.C20H21ClN2O3S/c27-24(12-10-20-5-2-1-3-6-20)26-17-15-25(16-18-26)14-13-21-9-11-22-7-4-8-23(22)19-21;1-17-3-7-19(8-4-17)9-12-21(24)22-13-15-23(16-14-22)27(25,26)20-10-5-18(2)6-11-20;1-18-7-9-19(10-8-18)11-12-21(24)22-13-15-23(16-14-22)27(25,26)17-20-5-3-2-4-6-20;2*1-16-2-4-17(5-3-16)6-11-20(24)22-12-14-23(15-13-22)27(25,26)19-9-7-18(21)8-10-19/h1-3,5-6,9-12,19H,4,7-8,13-18H2;3-12H,13-16H2,1-2H3;2-12H,13-17H2,1H3;2*2-11H,12-15H2,1H3/b12-10+;12-9+;12-11+;2*11-6+. The normalized spacial score (nSPS) is 16.3. The van der Waals surface area contributed by atoms with Crippen LogP contribution in [0.2, 0.25) is 5.02 Å². The minimum Gasteiger partial charge on any atom is -0.337 e. The average molecular weight is 1980 g/mol. The molecule has 708 valence electrons. The van der Waals surface area contributed by atoms with Crippen molar-refractivity contribution in [1.82, 2.24) is 46.6 Å². The van der Waals surface area contributed by atoms with Gasteiger partial charge in [0.2, 0.25) is 69.6 Å². The first kappa shape index (κ1) is 103. The number of fused-ring (bicyclic) bond motifs is 1. The number of halogens is 2. The van der Waals surface area contributed by atoms with Crippen molar-refractivity contribution in [3.63, 3.8) is 0 Å². The SMILES string of the molecule is Cc1ccc(/C=C/C(=O)N2CCN(S(=O)(=O)Cc3ccccc3)CC2)cc1.Cc1ccc(/C=C/C(=O)N2CCN(S(=O)(=O)c3ccc(Br)cc3)CC2)cc1.Cc1ccc(/C=C/C(=O)N2CCN(S(=O)(=O)c3ccc(C)cc3)CC2)cc1.Cc1ccc(/C=C/C(=O)N2CCN(S(=O)(=O)c3ccc(Cl)cc3)CC2)cc1.O=C(/C=C/c1ccccc1)N1CCN(CCc2ccc3c(c2)CCC3)CC1. The van der Waals surface area contributed by atoms with Gasteiger partial charge in [-0.05, 0) is 201 Å². The molecule has 0 unspecified atom stereocenters. The number of carbonyl (C=O) groups is 5. The number of sulfonamides is 4. The lowest BCUT2D eigenvalue weighted by molar-refractivity contribution is -0.128. The van der Waals surface area contributed by atoms with Gasteiger partial charge in [-0.15, -0.1) is 0 Å². The summed E-state index contributed by atoms with van der Waals surface area (Å²) in [6.07, 6.45) is 21.9. The molecule has 10 aromatic rings. The zero-order valence-electron chi connectivity index (χ0n) is 77.0. The summed E-state index contributed by atoms with van der Waals surface area (Å²) in [5.74, 6) is -0.277. The Morgan fingerprint density at radius 1 is 0.304 bits per heavy atom. The Morgan fingerprint density at radius 3 is 0.926 bits per heavy atom. The van der Waals surface area contributed by atoms with Crippen molar-refractivity contribution in [3.8, 4) is 0 Å². The monoisotopic (exact) mass is 1980 g/mol. The molecular formula is C106H118BrClN10O13S4. The first-order valence-corrected chi connectivity index (χ1v) is 52.5. The van der Waals surface area contributed by atoms with Gasteiger partial charge >= 0.3 is 0 Å². The minimum atomic E-state index is -3.57. The van der Waals surface area contributed by atoms with E-state index < -0.39 is 40.1 Å². The van der Waals surface area contributed by atoms with E-state index in [1.807, 2.05) is 203 Å². The smallest absolute Gasteiger partial charge is 0.246 e. The lowest BCUT2D eigenvalue weighted by Gasteiger charge is -2.34. The fourth-order valence-electron chi connectivity index (χ4n) is 15.8. The second-order valence-electron chi connectivity index (χ2n) is 34.0. The van der Waals surface area contributed by atoms with E-state index in [1.165, 1.54) is 76.9 Å². The van der Waals surface area contributed by atoms with Gasteiger partial charge in [-0.25, -0.2) is 33.7 Å².